The van der Waals surface area contributed by atoms with E-state index in [2.05, 4.69) is 34.1 Å². The number of hydrogen-bond donors (Lipinski definition) is 1. The topological polar surface area (TPSA) is 56.2 Å². The second-order valence-corrected chi connectivity index (χ2v) is 8.71. The van der Waals surface area contributed by atoms with Gasteiger partial charge in [0.15, 0.2) is 0 Å². The van der Waals surface area contributed by atoms with Gasteiger partial charge in [-0.1, -0.05) is 78.9 Å². The van der Waals surface area contributed by atoms with E-state index >= 15 is 0 Å². The Hall–Kier alpha value is -4.12. The van der Waals surface area contributed by atoms with Crippen molar-refractivity contribution in [2.75, 3.05) is 6.61 Å². The third kappa shape index (κ3) is 5.19. The van der Waals surface area contributed by atoms with Gasteiger partial charge in [-0.3, -0.25) is 4.79 Å². The Kier molecular flexibility index (Phi) is 6.75. The predicted octanol–water partition coefficient (Wildman–Crippen LogP) is 6.08. The molecular weight excluding hydrogens is 434 g/mol. The van der Waals surface area contributed by atoms with Crippen molar-refractivity contribution >= 4 is 27.7 Å². The van der Waals surface area contributed by atoms with Gasteiger partial charge in [-0.15, -0.1) is 0 Å². The highest BCUT2D eigenvalue weighted by Crippen LogP contribution is 2.26. The van der Waals surface area contributed by atoms with Gasteiger partial charge < -0.3 is 14.6 Å². The number of nitrogens with one attached hydrogen (secondary N) is 1. The van der Waals surface area contributed by atoms with E-state index in [4.69, 9.17) is 9.72 Å². The smallest absolute Gasteiger partial charge is 0.220 e. The van der Waals surface area contributed by atoms with Gasteiger partial charge in [0.25, 0.3) is 0 Å². The van der Waals surface area contributed by atoms with Crippen molar-refractivity contribution in [1.29, 1.82) is 0 Å². The van der Waals surface area contributed by atoms with E-state index in [1.165, 1.54) is 0 Å². The van der Waals surface area contributed by atoms with E-state index in [1.807, 2.05) is 79.7 Å². The first-order chi connectivity index (χ1) is 17.2. The number of aromatic nitrogens is 2. The fourth-order valence-electron chi connectivity index (χ4n) is 4.51. The summed E-state index contributed by atoms with van der Waals surface area (Å²) in [6.45, 7) is 3.11. The molecule has 176 valence electrons. The molecule has 5 nitrogen and oxygen atoms in total. The fraction of sp³-hybridized carbons (Fsp3) is 0.200. The maximum atomic E-state index is 12.7. The monoisotopic (exact) mass is 463 g/mol. The van der Waals surface area contributed by atoms with Crippen LogP contribution in [0.15, 0.2) is 97.1 Å². The molecule has 0 aliphatic heterocycles. The highest BCUT2D eigenvalue weighted by Gasteiger charge is 2.18. The van der Waals surface area contributed by atoms with E-state index in [0.717, 1.165) is 38.9 Å². The number of amides is 1. The standard InChI is InChI=1S/C30H29N3O2/c1-22(31-29(34)19-18-23-10-3-2-4-11-23)30-32-26-15-7-8-16-27(26)33(30)20-21-35-28-17-9-13-24-12-5-6-14-25(24)28/h2-17,22H,18-21H2,1H3,(H,31,34). The van der Waals surface area contributed by atoms with Gasteiger partial charge in [-0.05, 0) is 42.5 Å². The highest BCUT2D eigenvalue weighted by atomic mass is 16.5. The maximum absolute atomic E-state index is 12.7. The zero-order valence-corrected chi connectivity index (χ0v) is 19.9. The van der Waals surface area contributed by atoms with E-state index in [-0.39, 0.29) is 11.9 Å². The summed E-state index contributed by atoms with van der Waals surface area (Å²) in [5.41, 5.74) is 3.11. The van der Waals surface area contributed by atoms with Crippen LogP contribution in [-0.4, -0.2) is 22.1 Å². The number of carbonyl (C=O) groups excluding carboxylic acids is 1. The van der Waals surface area contributed by atoms with Crippen LogP contribution in [0.25, 0.3) is 21.8 Å². The van der Waals surface area contributed by atoms with Crippen LogP contribution in [0.5, 0.6) is 5.75 Å². The number of benzene rings is 4. The van der Waals surface area contributed by atoms with E-state index in [9.17, 15) is 4.79 Å². The van der Waals surface area contributed by atoms with Crippen molar-refractivity contribution in [2.45, 2.75) is 32.4 Å². The van der Waals surface area contributed by atoms with Gasteiger partial charge in [-0.2, -0.15) is 0 Å². The number of hydrogen-bond acceptors (Lipinski definition) is 3. The summed E-state index contributed by atoms with van der Waals surface area (Å²) in [7, 11) is 0. The molecule has 1 unspecified atom stereocenters. The van der Waals surface area contributed by atoms with Crippen LogP contribution in [0.2, 0.25) is 0 Å². The van der Waals surface area contributed by atoms with Crippen molar-refractivity contribution in [3.63, 3.8) is 0 Å². The fourth-order valence-corrected chi connectivity index (χ4v) is 4.51. The van der Waals surface area contributed by atoms with E-state index in [1.54, 1.807) is 0 Å². The molecule has 0 fully saturated rings. The van der Waals surface area contributed by atoms with Gasteiger partial charge in [0.1, 0.15) is 18.2 Å². The summed E-state index contributed by atoms with van der Waals surface area (Å²) in [4.78, 5) is 17.5. The van der Waals surface area contributed by atoms with Crippen molar-refractivity contribution in [3.05, 3.63) is 108 Å². The first kappa shape index (κ1) is 22.7. The maximum Gasteiger partial charge on any atom is 0.220 e. The number of ether oxygens (including phenoxy) is 1. The summed E-state index contributed by atoms with van der Waals surface area (Å²) in [5, 5.41) is 5.40. The number of para-hydroxylation sites is 2. The molecule has 0 saturated heterocycles. The normalized spacial score (nSPS) is 12.0. The number of carbonyl (C=O) groups is 1. The third-order valence-corrected chi connectivity index (χ3v) is 6.25. The Bertz CT molecular complexity index is 1440. The molecule has 0 aliphatic rings. The molecule has 0 spiro atoms. The van der Waals surface area contributed by atoms with Crippen LogP contribution in [-0.2, 0) is 17.8 Å². The molecule has 5 aromatic rings. The molecule has 0 radical (unpaired) electrons. The molecule has 5 rings (SSSR count). The number of nitrogens with zero attached hydrogens (tertiary/aromatic N) is 2. The van der Waals surface area contributed by atoms with Gasteiger partial charge in [0.2, 0.25) is 5.91 Å². The Labute approximate surface area is 205 Å². The summed E-state index contributed by atoms with van der Waals surface area (Å²) in [5.74, 6) is 1.73. The van der Waals surface area contributed by atoms with Crippen LogP contribution in [0.1, 0.15) is 30.8 Å². The first-order valence-electron chi connectivity index (χ1n) is 12.1. The number of fused-ring (bicyclic) bond motifs is 2. The molecule has 0 aliphatic carbocycles. The minimum atomic E-state index is -0.219. The Morgan fingerprint density at radius 2 is 1.66 bits per heavy atom. The Morgan fingerprint density at radius 3 is 2.54 bits per heavy atom. The molecule has 0 bridgehead atoms. The predicted molar refractivity (Wildman–Crippen MR) is 140 cm³/mol. The van der Waals surface area contributed by atoms with E-state index < -0.39 is 0 Å². The summed E-state index contributed by atoms with van der Waals surface area (Å²) in [6, 6.07) is 32.3. The molecule has 1 amide bonds. The molecule has 5 heteroatoms. The third-order valence-electron chi connectivity index (χ3n) is 6.25. The summed E-state index contributed by atoms with van der Waals surface area (Å²) >= 11 is 0. The average Bonchev–Trinajstić information content (AvgIpc) is 3.27. The lowest BCUT2D eigenvalue weighted by molar-refractivity contribution is -0.121. The van der Waals surface area contributed by atoms with Crippen LogP contribution in [0, 0.1) is 0 Å². The van der Waals surface area contributed by atoms with Crippen LogP contribution >= 0.6 is 0 Å². The SMILES string of the molecule is CC(NC(=O)CCc1ccccc1)c1nc2ccccc2n1CCOc1cccc2ccccc12. The molecule has 4 aromatic carbocycles. The van der Waals surface area contributed by atoms with Crippen molar-refractivity contribution < 1.29 is 9.53 Å². The highest BCUT2D eigenvalue weighted by molar-refractivity contribution is 5.88. The summed E-state index contributed by atoms with van der Waals surface area (Å²) in [6.07, 6.45) is 1.16. The van der Waals surface area contributed by atoms with Gasteiger partial charge in [0, 0.05) is 11.8 Å². The number of imidazole rings is 1. The van der Waals surface area contributed by atoms with Crippen LogP contribution in [0.4, 0.5) is 0 Å². The molecule has 1 atom stereocenters. The van der Waals surface area contributed by atoms with Gasteiger partial charge in [-0.25, -0.2) is 4.98 Å². The lowest BCUT2D eigenvalue weighted by atomic mass is 10.1. The Morgan fingerprint density at radius 1 is 0.914 bits per heavy atom. The molecule has 1 N–H and O–H groups in total. The lowest BCUT2D eigenvalue weighted by Gasteiger charge is -2.17. The number of aryl methyl sites for hydroxylation is 1. The van der Waals surface area contributed by atoms with Crippen molar-refractivity contribution in [3.8, 4) is 5.75 Å². The second-order valence-electron chi connectivity index (χ2n) is 8.71. The Balaban J connectivity index is 1.30. The first-order valence-corrected chi connectivity index (χ1v) is 12.1. The minimum absolute atomic E-state index is 0.0203. The lowest BCUT2D eigenvalue weighted by Crippen LogP contribution is -2.29. The molecular formula is C30H29N3O2. The van der Waals surface area contributed by atoms with Crippen LogP contribution in [0.3, 0.4) is 0 Å². The molecule has 1 heterocycles. The van der Waals surface area contributed by atoms with Gasteiger partial charge >= 0.3 is 0 Å². The minimum Gasteiger partial charge on any atom is -0.491 e. The zero-order chi connectivity index (χ0) is 24.0. The van der Waals surface area contributed by atoms with Crippen LogP contribution < -0.4 is 10.1 Å². The molecule has 1 aromatic heterocycles. The van der Waals surface area contributed by atoms with Crippen molar-refractivity contribution in [1.82, 2.24) is 14.9 Å². The number of rotatable bonds is 9. The second kappa shape index (κ2) is 10.4. The van der Waals surface area contributed by atoms with E-state index in [0.29, 0.717) is 26.0 Å². The molecule has 35 heavy (non-hydrogen) atoms. The largest absolute Gasteiger partial charge is 0.491 e. The van der Waals surface area contributed by atoms with Crippen molar-refractivity contribution in [2.24, 2.45) is 0 Å². The summed E-state index contributed by atoms with van der Waals surface area (Å²) < 4.78 is 8.36. The average molecular weight is 464 g/mol. The zero-order valence-electron chi connectivity index (χ0n) is 19.9. The molecule has 0 saturated carbocycles. The quantitative estimate of drug-likeness (QED) is 0.288. The van der Waals surface area contributed by atoms with Gasteiger partial charge in [0.05, 0.1) is 23.6 Å².